The quantitative estimate of drug-likeness (QED) is 0.557. The van der Waals surface area contributed by atoms with Gasteiger partial charge >= 0.3 is 0 Å². The molecule has 1 rings (SSSR count). The standard InChI is InChI=1S/C16H17ClO/c1-4-6-8-14(7-5-2)12-18-16-10-9-13(3)11-15(16)17/h2,6-11H,4,12H2,1,3H3/b8-6?,14-7+. The molecule has 0 aliphatic rings. The van der Waals surface area contributed by atoms with Crippen molar-refractivity contribution in [1.29, 1.82) is 0 Å². The number of rotatable bonds is 5. The van der Waals surface area contributed by atoms with Crippen molar-refractivity contribution in [3.05, 3.63) is 52.6 Å². The van der Waals surface area contributed by atoms with Crippen molar-refractivity contribution >= 4 is 11.6 Å². The highest BCUT2D eigenvalue weighted by Crippen LogP contribution is 2.25. The van der Waals surface area contributed by atoms with E-state index in [4.69, 9.17) is 22.8 Å². The molecular weight excluding hydrogens is 244 g/mol. The van der Waals surface area contributed by atoms with E-state index in [1.165, 1.54) is 0 Å². The van der Waals surface area contributed by atoms with Crippen LogP contribution >= 0.6 is 11.6 Å². The molecule has 0 unspecified atom stereocenters. The second-order valence-electron chi connectivity index (χ2n) is 3.92. The number of allylic oxidation sites excluding steroid dienone is 2. The largest absolute Gasteiger partial charge is 0.487 e. The van der Waals surface area contributed by atoms with Gasteiger partial charge in [-0.1, -0.05) is 42.7 Å². The summed E-state index contributed by atoms with van der Waals surface area (Å²) in [6, 6.07) is 5.71. The van der Waals surface area contributed by atoms with Crippen LogP contribution in [0.15, 0.2) is 42.0 Å². The highest BCUT2D eigenvalue weighted by molar-refractivity contribution is 6.32. The Hall–Kier alpha value is -1.65. The molecule has 0 saturated carbocycles. The molecule has 0 aromatic heterocycles. The molecule has 18 heavy (non-hydrogen) atoms. The molecule has 1 nitrogen and oxygen atoms in total. The fourth-order valence-corrected chi connectivity index (χ4v) is 1.69. The number of halogens is 1. The normalized spacial score (nSPS) is 11.6. The van der Waals surface area contributed by atoms with E-state index in [9.17, 15) is 0 Å². The second-order valence-corrected chi connectivity index (χ2v) is 4.33. The fourth-order valence-electron chi connectivity index (χ4n) is 1.40. The van der Waals surface area contributed by atoms with Crippen molar-refractivity contribution in [2.24, 2.45) is 0 Å². The van der Waals surface area contributed by atoms with Crippen LogP contribution in [0.1, 0.15) is 18.9 Å². The first-order chi connectivity index (χ1) is 8.67. The van der Waals surface area contributed by atoms with Gasteiger partial charge in [0.15, 0.2) is 0 Å². The molecule has 0 fully saturated rings. The molecule has 94 valence electrons. The molecule has 0 bridgehead atoms. The fraction of sp³-hybridized carbons (Fsp3) is 0.250. The number of ether oxygens (including phenoxy) is 1. The summed E-state index contributed by atoms with van der Waals surface area (Å²) in [6.07, 6.45) is 12.0. The van der Waals surface area contributed by atoms with Gasteiger partial charge in [-0.15, -0.1) is 6.42 Å². The van der Waals surface area contributed by atoms with Gasteiger partial charge < -0.3 is 4.74 Å². The predicted octanol–water partition coefficient (Wildman–Crippen LogP) is 4.55. The Labute approximate surface area is 114 Å². The van der Waals surface area contributed by atoms with E-state index >= 15 is 0 Å². The van der Waals surface area contributed by atoms with Crippen LogP contribution in [0, 0.1) is 19.3 Å². The molecule has 1 aromatic rings. The maximum atomic E-state index is 6.09. The second kappa shape index (κ2) is 7.63. The van der Waals surface area contributed by atoms with Crippen LogP contribution in [-0.2, 0) is 0 Å². The van der Waals surface area contributed by atoms with E-state index in [1.807, 2.05) is 37.3 Å². The van der Waals surface area contributed by atoms with Crippen LogP contribution in [-0.4, -0.2) is 6.61 Å². The Balaban J connectivity index is 2.71. The van der Waals surface area contributed by atoms with E-state index in [2.05, 4.69) is 12.8 Å². The lowest BCUT2D eigenvalue weighted by Gasteiger charge is -2.08. The average molecular weight is 261 g/mol. The van der Waals surface area contributed by atoms with Crippen LogP contribution in [0.25, 0.3) is 0 Å². The van der Waals surface area contributed by atoms with Gasteiger partial charge in [-0.2, -0.15) is 0 Å². The summed E-state index contributed by atoms with van der Waals surface area (Å²) in [4.78, 5) is 0. The zero-order valence-electron chi connectivity index (χ0n) is 10.7. The predicted molar refractivity (Wildman–Crippen MR) is 78.0 cm³/mol. The number of hydrogen-bond donors (Lipinski definition) is 0. The van der Waals surface area contributed by atoms with Gasteiger partial charge in [0, 0.05) is 0 Å². The summed E-state index contributed by atoms with van der Waals surface area (Å²) < 4.78 is 5.66. The van der Waals surface area contributed by atoms with E-state index < -0.39 is 0 Å². The maximum Gasteiger partial charge on any atom is 0.138 e. The van der Waals surface area contributed by atoms with E-state index in [0.29, 0.717) is 17.4 Å². The van der Waals surface area contributed by atoms with Gasteiger partial charge in [0.25, 0.3) is 0 Å². The Kier molecular flexibility index (Phi) is 6.11. The maximum absolute atomic E-state index is 6.09. The number of aryl methyl sites for hydroxylation is 1. The minimum absolute atomic E-state index is 0.420. The number of benzene rings is 1. The van der Waals surface area contributed by atoms with Crippen molar-refractivity contribution in [2.45, 2.75) is 20.3 Å². The molecule has 0 atom stereocenters. The first-order valence-corrected chi connectivity index (χ1v) is 6.25. The lowest BCUT2D eigenvalue weighted by molar-refractivity contribution is 0.356. The van der Waals surface area contributed by atoms with Gasteiger partial charge in [-0.05, 0) is 42.7 Å². The van der Waals surface area contributed by atoms with Crippen LogP contribution in [0.3, 0.4) is 0 Å². The molecule has 0 saturated heterocycles. The van der Waals surface area contributed by atoms with E-state index in [-0.39, 0.29) is 0 Å². The Morgan fingerprint density at radius 3 is 2.89 bits per heavy atom. The van der Waals surface area contributed by atoms with Crippen molar-refractivity contribution in [2.75, 3.05) is 6.61 Å². The van der Waals surface area contributed by atoms with Gasteiger partial charge in [0.05, 0.1) is 5.02 Å². The van der Waals surface area contributed by atoms with Crippen LogP contribution in [0.4, 0.5) is 0 Å². The molecule has 2 heteroatoms. The third kappa shape index (κ3) is 4.69. The smallest absolute Gasteiger partial charge is 0.138 e. The molecule has 0 radical (unpaired) electrons. The number of hydrogen-bond acceptors (Lipinski definition) is 1. The SMILES string of the molecule is C#C/C=C(\C=CCC)COc1ccc(C)cc1Cl. The third-order valence-corrected chi connectivity index (χ3v) is 2.61. The molecule has 0 heterocycles. The van der Waals surface area contributed by atoms with Gasteiger partial charge in [0.2, 0.25) is 0 Å². The van der Waals surface area contributed by atoms with Crippen LogP contribution in [0.5, 0.6) is 5.75 Å². The molecule has 0 aliphatic heterocycles. The molecule has 0 aliphatic carbocycles. The topological polar surface area (TPSA) is 9.23 Å². The van der Waals surface area contributed by atoms with Crippen molar-refractivity contribution in [3.63, 3.8) is 0 Å². The lowest BCUT2D eigenvalue weighted by Crippen LogP contribution is -2.00. The average Bonchev–Trinajstić information content (AvgIpc) is 2.34. The molecule has 0 N–H and O–H groups in total. The summed E-state index contributed by atoms with van der Waals surface area (Å²) in [7, 11) is 0. The van der Waals surface area contributed by atoms with E-state index in [0.717, 1.165) is 17.6 Å². The monoisotopic (exact) mass is 260 g/mol. The van der Waals surface area contributed by atoms with Gasteiger partial charge in [-0.3, -0.25) is 0 Å². The summed E-state index contributed by atoms with van der Waals surface area (Å²) in [5.41, 5.74) is 2.06. The minimum atomic E-state index is 0.420. The molecule has 0 spiro atoms. The zero-order valence-corrected chi connectivity index (χ0v) is 11.5. The molecule has 0 amide bonds. The summed E-state index contributed by atoms with van der Waals surface area (Å²) >= 11 is 6.09. The first-order valence-electron chi connectivity index (χ1n) is 5.88. The summed E-state index contributed by atoms with van der Waals surface area (Å²) in [5.74, 6) is 3.19. The van der Waals surface area contributed by atoms with Crippen molar-refractivity contribution < 1.29 is 4.74 Å². The van der Waals surface area contributed by atoms with Gasteiger partial charge in [-0.25, -0.2) is 0 Å². The van der Waals surface area contributed by atoms with Crippen LogP contribution in [0.2, 0.25) is 5.02 Å². The lowest BCUT2D eigenvalue weighted by atomic mass is 10.2. The Morgan fingerprint density at radius 2 is 2.28 bits per heavy atom. The first kappa shape index (κ1) is 14.4. The summed E-state index contributed by atoms with van der Waals surface area (Å²) in [6.45, 7) is 4.48. The highest BCUT2D eigenvalue weighted by atomic mass is 35.5. The van der Waals surface area contributed by atoms with Gasteiger partial charge in [0.1, 0.15) is 12.4 Å². The molecule has 1 aromatic carbocycles. The van der Waals surface area contributed by atoms with E-state index in [1.54, 1.807) is 6.08 Å². The van der Waals surface area contributed by atoms with Crippen LogP contribution < -0.4 is 4.74 Å². The minimum Gasteiger partial charge on any atom is -0.487 e. The Bertz CT molecular complexity index is 492. The highest BCUT2D eigenvalue weighted by Gasteiger charge is 2.02. The number of terminal acetylenes is 1. The molecular formula is C16H17ClO. The van der Waals surface area contributed by atoms with Crippen molar-refractivity contribution in [1.82, 2.24) is 0 Å². The third-order valence-electron chi connectivity index (χ3n) is 2.32. The van der Waals surface area contributed by atoms with Crippen molar-refractivity contribution in [3.8, 4) is 18.1 Å². The Morgan fingerprint density at radius 1 is 1.50 bits per heavy atom. The zero-order chi connectivity index (χ0) is 13.4. The summed E-state index contributed by atoms with van der Waals surface area (Å²) in [5, 5.41) is 0.620.